The topological polar surface area (TPSA) is 103 Å². The van der Waals surface area contributed by atoms with Gasteiger partial charge in [-0.05, 0) is 49.6 Å². The normalized spacial score (nSPS) is 16.9. The monoisotopic (exact) mass is 521 g/mol. The van der Waals surface area contributed by atoms with Crippen LogP contribution in [0.3, 0.4) is 0 Å². The average molecular weight is 522 g/mol. The lowest BCUT2D eigenvalue weighted by molar-refractivity contribution is -0.140. The Labute approximate surface area is 222 Å². The van der Waals surface area contributed by atoms with Gasteiger partial charge in [-0.15, -0.1) is 0 Å². The van der Waals surface area contributed by atoms with Crippen LogP contribution in [0.5, 0.6) is 11.5 Å². The van der Waals surface area contributed by atoms with Gasteiger partial charge in [-0.1, -0.05) is 31.9 Å². The molecule has 1 amide bonds. The number of aromatic nitrogens is 2. The molecule has 3 aromatic rings. The van der Waals surface area contributed by atoms with Crippen molar-refractivity contribution in [2.45, 2.75) is 45.6 Å². The number of methoxy groups -OCH3 is 2. The van der Waals surface area contributed by atoms with Crippen molar-refractivity contribution in [1.82, 2.24) is 14.3 Å². The van der Waals surface area contributed by atoms with Crippen LogP contribution < -0.4 is 9.47 Å². The Balaban J connectivity index is 1.82. The number of rotatable bonds is 12. The van der Waals surface area contributed by atoms with E-state index in [2.05, 4.69) is 11.9 Å². The zero-order valence-electron chi connectivity index (χ0n) is 22.4. The van der Waals surface area contributed by atoms with Crippen LogP contribution in [0.4, 0.5) is 0 Å². The van der Waals surface area contributed by atoms with Gasteiger partial charge in [-0.3, -0.25) is 14.0 Å². The van der Waals surface area contributed by atoms with Crippen molar-refractivity contribution in [2.24, 2.45) is 0 Å². The fourth-order valence-corrected chi connectivity index (χ4v) is 4.87. The Morgan fingerprint density at radius 1 is 1.05 bits per heavy atom. The number of aryl methyl sites for hydroxylation is 1. The predicted molar refractivity (Wildman–Crippen MR) is 143 cm³/mol. The predicted octanol–water partition coefficient (Wildman–Crippen LogP) is 4.68. The molecule has 1 unspecified atom stereocenters. The molecule has 9 heteroatoms. The smallest absolute Gasteiger partial charge is 0.295 e. The Hall–Kier alpha value is -3.85. The molecule has 0 aliphatic carbocycles. The molecule has 202 valence electrons. The quantitative estimate of drug-likeness (QED) is 0.160. The number of fused-ring (bicyclic) bond motifs is 1. The number of benzene rings is 1. The average Bonchev–Trinajstić information content (AvgIpc) is 3.39. The van der Waals surface area contributed by atoms with Gasteiger partial charge in [0.25, 0.3) is 11.7 Å². The number of amides is 1. The number of ketones is 1. The van der Waals surface area contributed by atoms with Gasteiger partial charge >= 0.3 is 0 Å². The number of ether oxygens (including phenoxy) is 3. The summed E-state index contributed by atoms with van der Waals surface area (Å²) >= 11 is 0. The van der Waals surface area contributed by atoms with Crippen molar-refractivity contribution in [2.75, 3.05) is 34.0 Å². The molecule has 1 aromatic carbocycles. The Morgan fingerprint density at radius 3 is 2.61 bits per heavy atom. The van der Waals surface area contributed by atoms with Crippen molar-refractivity contribution < 1.29 is 28.9 Å². The van der Waals surface area contributed by atoms with Gasteiger partial charge in [-0.25, -0.2) is 4.98 Å². The van der Waals surface area contributed by atoms with E-state index in [0.717, 1.165) is 19.3 Å². The molecule has 9 nitrogen and oxygen atoms in total. The van der Waals surface area contributed by atoms with Gasteiger partial charge in [-0.2, -0.15) is 0 Å². The number of nitrogens with zero attached hydrogens (tertiary/aromatic N) is 3. The van der Waals surface area contributed by atoms with Gasteiger partial charge in [0.05, 0.1) is 31.0 Å². The zero-order chi connectivity index (χ0) is 27.2. The lowest BCUT2D eigenvalue weighted by Crippen LogP contribution is -2.31. The molecule has 4 rings (SSSR count). The van der Waals surface area contributed by atoms with E-state index in [1.54, 1.807) is 43.9 Å². The fraction of sp³-hybridized carbons (Fsp3) is 0.414. The van der Waals surface area contributed by atoms with Crippen molar-refractivity contribution in [3.8, 4) is 11.5 Å². The summed E-state index contributed by atoms with van der Waals surface area (Å²) in [4.78, 5) is 32.7. The number of imidazole rings is 1. The molecule has 1 aliphatic heterocycles. The lowest BCUT2D eigenvalue weighted by atomic mass is 9.95. The third-order valence-electron chi connectivity index (χ3n) is 6.72. The van der Waals surface area contributed by atoms with Crippen molar-refractivity contribution in [3.63, 3.8) is 0 Å². The highest BCUT2D eigenvalue weighted by Crippen LogP contribution is 2.42. The summed E-state index contributed by atoms with van der Waals surface area (Å²) in [6, 6.07) is 10.0. The highest BCUT2D eigenvalue weighted by atomic mass is 16.5. The second-order valence-electron chi connectivity index (χ2n) is 9.28. The van der Waals surface area contributed by atoms with Crippen LogP contribution in [0.25, 0.3) is 11.4 Å². The van der Waals surface area contributed by atoms with Gasteiger partial charge in [0.15, 0.2) is 17.3 Å². The maximum absolute atomic E-state index is 13.4. The van der Waals surface area contributed by atoms with E-state index in [4.69, 9.17) is 14.2 Å². The first kappa shape index (κ1) is 27.2. The minimum absolute atomic E-state index is 0.0137. The fourth-order valence-electron chi connectivity index (χ4n) is 4.87. The molecule has 0 bridgehead atoms. The van der Waals surface area contributed by atoms with Crippen molar-refractivity contribution >= 4 is 23.1 Å². The van der Waals surface area contributed by atoms with E-state index in [1.807, 2.05) is 24.3 Å². The molecule has 2 aromatic heterocycles. The number of Topliss-reactive ketones (excluding diaryl/α,β-unsaturated/α-hetero) is 1. The van der Waals surface area contributed by atoms with Crippen LogP contribution >= 0.6 is 0 Å². The Bertz CT molecular complexity index is 1350. The number of aliphatic hydroxyl groups excluding tert-OH is 1. The number of carbonyl (C=O) groups excluding carboxylic acids is 2. The summed E-state index contributed by atoms with van der Waals surface area (Å²) in [6.45, 7) is 5.17. The number of likely N-dealkylation sites (tertiary alicyclic amines) is 1. The highest BCUT2D eigenvalue weighted by molar-refractivity contribution is 6.46. The van der Waals surface area contributed by atoms with Crippen LogP contribution in [-0.4, -0.2) is 65.1 Å². The van der Waals surface area contributed by atoms with E-state index >= 15 is 0 Å². The van der Waals surface area contributed by atoms with E-state index < -0.39 is 17.7 Å². The number of hydrogen-bond donors (Lipinski definition) is 1. The van der Waals surface area contributed by atoms with Crippen LogP contribution in [0.2, 0.25) is 0 Å². The molecular weight excluding hydrogens is 486 g/mol. The number of hydrogen-bond acceptors (Lipinski definition) is 7. The molecule has 38 heavy (non-hydrogen) atoms. The standard InChI is InChI=1S/C29H35N3O6/c1-5-6-9-17-38-21-13-12-20(18-22(21)37-4)26-24(28(34)29(35)32(26)15-10-16-36-3)27(33)25-19(2)30-23-11-7-8-14-31(23)25/h7-8,11-14,18,26,33H,5-6,9-10,15-17H2,1-4H3/b27-24+. The first-order valence-electron chi connectivity index (χ1n) is 12.9. The van der Waals surface area contributed by atoms with E-state index in [9.17, 15) is 14.7 Å². The molecule has 1 N–H and O–H groups in total. The third-order valence-corrected chi connectivity index (χ3v) is 6.72. The number of aliphatic hydroxyl groups is 1. The minimum atomic E-state index is -0.816. The van der Waals surface area contributed by atoms with Crippen LogP contribution in [0.15, 0.2) is 48.2 Å². The van der Waals surface area contributed by atoms with Crippen LogP contribution in [0, 0.1) is 6.92 Å². The lowest BCUT2D eigenvalue weighted by Gasteiger charge is -2.26. The van der Waals surface area contributed by atoms with Crippen LogP contribution in [-0.2, 0) is 14.3 Å². The minimum Gasteiger partial charge on any atom is -0.505 e. The Morgan fingerprint density at radius 2 is 1.87 bits per heavy atom. The molecule has 1 fully saturated rings. The molecule has 0 saturated carbocycles. The van der Waals surface area contributed by atoms with E-state index in [-0.39, 0.29) is 17.9 Å². The molecule has 1 saturated heterocycles. The van der Waals surface area contributed by atoms with Gasteiger partial charge < -0.3 is 24.2 Å². The molecule has 0 spiro atoms. The molecular formula is C29H35N3O6. The number of carbonyl (C=O) groups is 2. The molecule has 1 atom stereocenters. The van der Waals surface area contributed by atoms with Crippen LogP contribution in [0.1, 0.15) is 55.6 Å². The largest absolute Gasteiger partial charge is 0.505 e. The summed E-state index contributed by atoms with van der Waals surface area (Å²) < 4.78 is 18.4. The molecule has 0 radical (unpaired) electrons. The summed E-state index contributed by atoms with van der Waals surface area (Å²) in [5.74, 6) is -0.599. The first-order chi connectivity index (χ1) is 18.4. The summed E-state index contributed by atoms with van der Waals surface area (Å²) in [5.41, 5.74) is 2.20. The van der Waals surface area contributed by atoms with Gasteiger partial charge in [0, 0.05) is 26.5 Å². The zero-order valence-corrected chi connectivity index (χ0v) is 22.4. The molecule has 1 aliphatic rings. The summed E-state index contributed by atoms with van der Waals surface area (Å²) in [5, 5.41) is 11.6. The van der Waals surface area contributed by atoms with Crippen molar-refractivity contribution in [3.05, 3.63) is 65.1 Å². The number of unbranched alkanes of at least 4 members (excludes halogenated alkanes) is 2. The SMILES string of the molecule is CCCCCOc1ccc(C2/C(=C(\O)c3c(C)nc4ccccn34)C(=O)C(=O)N2CCCOC)cc1OC. The molecule has 3 heterocycles. The third kappa shape index (κ3) is 5.24. The van der Waals surface area contributed by atoms with Gasteiger partial charge in [0.1, 0.15) is 11.3 Å². The van der Waals surface area contributed by atoms with E-state index in [0.29, 0.717) is 53.7 Å². The van der Waals surface area contributed by atoms with E-state index in [1.165, 1.54) is 4.90 Å². The summed E-state index contributed by atoms with van der Waals surface area (Å²) in [7, 11) is 3.14. The summed E-state index contributed by atoms with van der Waals surface area (Å²) in [6.07, 6.45) is 5.39. The van der Waals surface area contributed by atoms with Gasteiger partial charge in [0.2, 0.25) is 0 Å². The van der Waals surface area contributed by atoms with Crippen molar-refractivity contribution in [1.29, 1.82) is 0 Å². The first-order valence-corrected chi connectivity index (χ1v) is 12.9. The second kappa shape index (κ2) is 12.1. The maximum atomic E-state index is 13.4. The second-order valence-corrected chi connectivity index (χ2v) is 9.28. The maximum Gasteiger partial charge on any atom is 0.295 e. The number of pyridine rings is 1. The Kier molecular flexibility index (Phi) is 8.68. The highest BCUT2D eigenvalue weighted by Gasteiger charge is 2.46.